The molecule has 4 rings (SSSR count). The molecule has 1 aliphatic heterocycles. The van der Waals surface area contributed by atoms with Crippen LogP contribution in [0.15, 0.2) is 47.6 Å². The van der Waals surface area contributed by atoms with Crippen molar-refractivity contribution in [3.63, 3.8) is 0 Å². The number of amides is 1. The topological polar surface area (TPSA) is 85.5 Å². The highest BCUT2D eigenvalue weighted by molar-refractivity contribution is 7.99. The number of hydrogen-bond acceptors (Lipinski definition) is 7. The van der Waals surface area contributed by atoms with E-state index in [0.717, 1.165) is 42.9 Å². The molecule has 1 aliphatic rings. The van der Waals surface area contributed by atoms with Crippen molar-refractivity contribution >= 4 is 29.0 Å². The van der Waals surface area contributed by atoms with E-state index in [-0.39, 0.29) is 11.8 Å². The fraction of sp³-hybridized carbons (Fsp3) is 0.407. The quantitative estimate of drug-likeness (QED) is 0.244. The Bertz CT molecular complexity index is 1250. The minimum absolute atomic E-state index is 0.160. The lowest BCUT2D eigenvalue weighted by molar-refractivity contribution is -0.764. The van der Waals surface area contributed by atoms with Gasteiger partial charge >= 0.3 is 0 Å². The molecule has 9 heteroatoms. The molecule has 0 aliphatic carbocycles. The van der Waals surface area contributed by atoms with Crippen molar-refractivity contribution in [2.45, 2.75) is 51.9 Å². The summed E-state index contributed by atoms with van der Waals surface area (Å²) in [7, 11) is 1.62. The van der Waals surface area contributed by atoms with Crippen LogP contribution in [-0.4, -0.2) is 41.9 Å². The summed E-state index contributed by atoms with van der Waals surface area (Å²) in [5.74, 6) is 0.921. The molecule has 0 saturated heterocycles. The van der Waals surface area contributed by atoms with Crippen molar-refractivity contribution in [2.24, 2.45) is 0 Å². The Kier molecular flexibility index (Phi) is 7.98. The summed E-state index contributed by atoms with van der Waals surface area (Å²) < 4.78 is 7.50. The van der Waals surface area contributed by atoms with Crippen molar-refractivity contribution in [1.29, 1.82) is 0 Å². The highest BCUT2D eigenvalue weighted by Gasteiger charge is 2.45. The van der Waals surface area contributed by atoms with Gasteiger partial charge in [-0.2, -0.15) is 0 Å². The fourth-order valence-electron chi connectivity index (χ4n) is 4.62. The maximum absolute atomic E-state index is 13.4. The average Bonchev–Trinajstić information content (AvgIpc) is 2.88. The van der Waals surface area contributed by atoms with E-state index >= 15 is 0 Å². The monoisotopic (exact) mass is 507 g/mol. The van der Waals surface area contributed by atoms with E-state index in [1.807, 2.05) is 42.5 Å². The van der Waals surface area contributed by atoms with Crippen molar-refractivity contribution in [1.82, 2.24) is 10.1 Å². The molecule has 0 saturated carbocycles. The van der Waals surface area contributed by atoms with E-state index in [4.69, 9.17) is 9.84 Å². The maximum atomic E-state index is 13.4. The predicted octanol–water partition coefficient (Wildman–Crippen LogP) is 4.17. The number of unbranched alkanes of at least 4 members (excludes halogenated alkanes) is 1. The van der Waals surface area contributed by atoms with Crippen LogP contribution in [-0.2, 0) is 4.79 Å². The number of carbonyl (C=O) groups is 1. The first-order valence-electron chi connectivity index (χ1n) is 12.4. The Balaban J connectivity index is 1.96. The van der Waals surface area contributed by atoms with Crippen LogP contribution in [0.25, 0.3) is 11.3 Å². The van der Waals surface area contributed by atoms with Gasteiger partial charge in [0.1, 0.15) is 5.75 Å². The largest absolute Gasteiger partial charge is 0.854 e. The van der Waals surface area contributed by atoms with Crippen LogP contribution in [0.4, 0.5) is 11.4 Å². The highest BCUT2D eigenvalue weighted by atomic mass is 32.2. The molecule has 1 atom stereocenters. The van der Waals surface area contributed by atoms with Gasteiger partial charge in [-0.25, -0.2) is 9.88 Å². The number of benzene rings is 2. The van der Waals surface area contributed by atoms with E-state index in [1.165, 1.54) is 18.7 Å². The lowest BCUT2D eigenvalue weighted by atomic mass is 10.0. The van der Waals surface area contributed by atoms with Crippen molar-refractivity contribution < 1.29 is 19.3 Å². The van der Waals surface area contributed by atoms with E-state index in [0.29, 0.717) is 27.9 Å². The van der Waals surface area contributed by atoms with Gasteiger partial charge in [-0.1, -0.05) is 41.9 Å². The standard InChI is InChI=1S/C27H33N5O3S/c1-6-9-16-36-27-28-25(34)24-20-12-10-11-13-22(20)31(18(4)33)26(32(24)29-27)21-15-14-19(17-23(21)35-5)30(7-2)8-3/h10-15,17,26H,6-9,16H2,1-5H3. The predicted molar refractivity (Wildman–Crippen MR) is 141 cm³/mol. The highest BCUT2D eigenvalue weighted by Crippen LogP contribution is 2.43. The summed E-state index contributed by atoms with van der Waals surface area (Å²) in [4.78, 5) is 21.3. The minimum Gasteiger partial charge on any atom is -0.854 e. The summed E-state index contributed by atoms with van der Waals surface area (Å²) in [5.41, 5.74) is 3.42. The molecule has 190 valence electrons. The van der Waals surface area contributed by atoms with Gasteiger partial charge in [-0.3, -0.25) is 4.79 Å². The number of methoxy groups -OCH3 is 1. The number of thioether (sulfide) groups is 1. The zero-order valence-electron chi connectivity index (χ0n) is 21.5. The zero-order chi connectivity index (χ0) is 25.8. The second-order valence-corrected chi connectivity index (χ2v) is 9.64. The molecule has 0 bridgehead atoms. The SMILES string of the molecule is CCCCSc1nc([O-])c2[n+](n1)C(c1ccc(N(CC)CC)cc1OC)N(C(C)=O)c1ccccc1-2. The molecule has 1 unspecified atom stereocenters. The molecule has 0 radical (unpaired) electrons. The van der Waals surface area contributed by atoms with Crippen molar-refractivity contribution in [2.75, 3.05) is 35.8 Å². The molecule has 1 aromatic heterocycles. The molecule has 36 heavy (non-hydrogen) atoms. The van der Waals surface area contributed by atoms with Gasteiger partial charge in [0.15, 0.2) is 0 Å². The minimum atomic E-state index is -0.700. The molecule has 3 aromatic rings. The number of hydrogen-bond donors (Lipinski definition) is 0. The van der Waals surface area contributed by atoms with Crippen LogP contribution in [0.2, 0.25) is 0 Å². The van der Waals surface area contributed by atoms with E-state index < -0.39 is 6.17 Å². The smallest absolute Gasteiger partial charge is 0.296 e. The van der Waals surface area contributed by atoms with Crippen LogP contribution >= 0.6 is 11.8 Å². The maximum Gasteiger partial charge on any atom is 0.296 e. The van der Waals surface area contributed by atoms with Crippen LogP contribution in [0.3, 0.4) is 0 Å². The number of rotatable bonds is 9. The summed E-state index contributed by atoms with van der Waals surface area (Å²) in [6, 6.07) is 13.4. The van der Waals surface area contributed by atoms with Crippen molar-refractivity contribution in [3.8, 4) is 22.9 Å². The summed E-state index contributed by atoms with van der Waals surface area (Å²) >= 11 is 1.46. The van der Waals surface area contributed by atoms with Crippen LogP contribution < -0.4 is 24.3 Å². The number of ether oxygens (including phenoxy) is 1. The zero-order valence-corrected chi connectivity index (χ0v) is 22.3. The first-order chi connectivity index (χ1) is 17.4. The molecule has 1 amide bonds. The first kappa shape index (κ1) is 25.8. The van der Waals surface area contributed by atoms with E-state index in [2.05, 4.69) is 30.7 Å². The van der Waals surface area contributed by atoms with Gasteiger partial charge in [-0.15, -0.1) is 0 Å². The van der Waals surface area contributed by atoms with Gasteiger partial charge in [0, 0.05) is 42.6 Å². The Labute approximate surface area is 216 Å². The molecular weight excluding hydrogens is 474 g/mol. The Morgan fingerprint density at radius 3 is 2.61 bits per heavy atom. The summed E-state index contributed by atoms with van der Waals surface area (Å²) in [6.45, 7) is 9.58. The molecule has 0 spiro atoms. The normalized spacial score (nSPS) is 14.2. The molecule has 8 nitrogen and oxygen atoms in total. The van der Waals surface area contributed by atoms with Gasteiger partial charge in [-0.05, 0) is 44.5 Å². The lowest BCUT2D eigenvalue weighted by Gasteiger charge is -2.33. The molecule has 2 heterocycles. The Morgan fingerprint density at radius 2 is 1.94 bits per heavy atom. The second kappa shape index (κ2) is 11.2. The molecular formula is C27H33N5O3S. The number of nitrogens with zero attached hydrogens (tertiary/aromatic N) is 5. The number of carbonyl (C=O) groups excluding carboxylic acids is 1. The van der Waals surface area contributed by atoms with Crippen LogP contribution in [0.5, 0.6) is 11.6 Å². The molecule has 0 fully saturated rings. The Morgan fingerprint density at radius 1 is 1.19 bits per heavy atom. The molecule has 0 N–H and O–H groups in total. The van der Waals surface area contributed by atoms with Crippen LogP contribution in [0.1, 0.15) is 52.3 Å². The summed E-state index contributed by atoms with van der Waals surface area (Å²) in [5, 5.41) is 18.6. The summed E-state index contributed by atoms with van der Waals surface area (Å²) in [6.07, 6.45) is 1.34. The third-order valence-electron chi connectivity index (χ3n) is 6.41. The first-order valence-corrected chi connectivity index (χ1v) is 13.4. The fourth-order valence-corrected chi connectivity index (χ4v) is 5.53. The second-order valence-electron chi connectivity index (χ2n) is 8.57. The van der Waals surface area contributed by atoms with E-state index in [9.17, 15) is 9.90 Å². The Hall–Kier alpha value is -3.33. The van der Waals surface area contributed by atoms with Gasteiger partial charge in [0.25, 0.3) is 17.0 Å². The van der Waals surface area contributed by atoms with Gasteiger partial charge < -0.3 is 14.7 Å². The number of aromatic nitrogens is 3. The van der Waals surface area contributed by atoms with Gasteiger partial charge in [0.05, 0.1) is 29.8 Å². The number of para-hydroxylation sites is 1. The van der Waals surface area contributed by atoms with Crippen LogP contribution in [0, 0.1) is 0 Å². The number of anilines is 2. The third-order valence-corrected chi connectivity index (χ3v) is 7.33. The third kappa shape index (κ3) is 4.72. The van der Waals surface area contributed by atoms with Crippen molar-refractivity contribution in [3.05, 3.63) is 48.0 Å². The number of fused-ring (bicyclic) bond motifs is 3. The van der Waals surface area contributed by atoms with Gasteiger partial charge in [0.2, 0.25) is 5.91 Å². The lowest BCUT2D eigenvalue weighted by Crippen LogP contribution is -2.58. The average molecular weight is 508 g/mol. The van der Waals surface area contributed by atoms with E-state index in [1.54, 1.807) is 16.7 Å². The molecule has 2 aromatic carbocycles.